The SMILES string of the molecule is CCNC(c1c(Br)cnn1C)C(CC)CC. The first kappa shape index (κ1) is 13.7. The van der Waals surface area contributed by atoms with Crippen LogP contribution in [0.1, 0.15) is 45.3 Å². The minimum Gasteiger partial charge on any atom is -0.309 e. The fourth-order valence-corrected chi connectivity index (χ4v) is 2.83. The van der Waals surface area contributed by atoms with Gasteiger partial charge in [0.25, 0.3) is 0 Å². The Hall–Kier alpha value is -0.350. The van der Waals surface area contributed by atoms with E-state index in [4.69, 9.17) is 0 Å². The van der Waals surface area contributed by atoms with Crippen LogP contribution in [0.15, 0.2) is 10.7 Å². The number of aromatic nitrogens is 2. The van der Waals surface area contributed by atoms with Crippen LogP contribution in [0, 0.1) is 5.92 Å². The van der Waals surface area contributed by atoms with E-state index >= 15 is 0 Å². The molecule has 1 unspecified atom stereocenters. The van der Waals surface area contributed by atoms with E-state index in [1.54, 1.807) is 0 Å². The van der Waals surface area contributed by atoms with Crippen molar-refractivity contribution in [1.82, 2.24) is 15.1 Å². The number of aryl methyl sites for hydroxylation is 1. The summed E-state index contributed by atoms with van der Waals surface area (Å²) in [4.78, 5) is 0. The Morgan fingerprint density at radius 1 is 1.38 bits per heavy atom. The highest BCUT2D eigenvalue weighted by molar-refractivity contribution is 9.10. The van der Waals surface area contributed by atoms with Crippen molar-refractivity contribution in [3.63, 3.8) is 0 Å². The topological polar surface area (TPSA) is 29.9 Å². The molecule has 0 amide bonds. The van der Waals surface area contributed by atoms with Crippen molar-refractivity contribution >= 4 is 15.9 Å². The summed E-state index contributed by atoms with van der Waals surface area (Å²) in [6, 6.07) is 0.391. The summed E-state index contributed by atoms with van der Waals surface area (Å²) in [6.45, 7) is 7.64. The van der Waals surface area contributed by atoms with E-state index in [2.05, 4.69) is 47.1 Å². The molecule has 0 aliphatic heterocycles. The van der Waals surface area contributed by atoms with Gasteiger partial charge in [-0.2, -0.15) is 5.10 Å². The Kier molecular flexibility index (Phi) is 5.49. The molecule has 0 aliphatic carbocycles. The zero-order valence-corrected chi connectivity index (χ0v) is 12.2. The van der Waals surface area contributed by atoms with Crippen LogP contribution in [0.25, 0.3) is 0 Å². The predicted molar refractivity (Wildman–Crippen MR) is 71.4 cm³/mol. The first-order valence-corrected chi connectivity index (χ1v) is 6.85. The number of halogens is 1. The number of hydrogen-bond donors (Lipinski definition) is 1. The van der Waals surface area contributed by atoms with Crippen molar-refractivity contribution < 1.29 is 0 Å². The highest BCUT2D eigenvalue weighted by Crippen LogP contribution is 2.31. The molecule has 0 saturated heterocycles. The first-order chi connectivity index (χ1) is 7.65. The van der Waals surface area contributed by atoms with Gasteiger partial charge in [0.15, 0.2) is 0 Å². The minimum absolute atomic E-state index is 0.391. The van der Waals surface area contributed by atoms with Gasteiger partial charge in [-0.1, -0.05) is 33.6 Å². The second-order valence-corrected chi connectivity index (χ2v) is 4.97. The number of nitrogens with one attached hydrogen (secondary N) is 1. The number of hydrogen-bond acceptors (Lipinski definition) is 2. The Morgan fingerprint density at radius 2 is 2.00 bits per heavy atom. The molecule has 0 saturated carbocycles. The monoisotopic (exact) mass is 287 g/mol. The average Bonchev–Trinajstić information content (AvgIpc) is 2.59. The lowest BCUT2D eigenvalue weighted by atomic mass is 9.91. The van der Waals surface area contributed by atoms with Gasteiger partial charge in [0, 0.05) is 7.05 Å². The van der Waals surface area contributed by atoms with Crippen molar-refractivity contribution in [2.24, 2.45) is 13.0 Å². The molecule has 0 fully saturated rings. The maximum absolute atomic E-state index is 4.30. The minimum atomic E-state index is 0.391. The van der Waals surface area contributed by atoms with E-state index in [1.165, 1.54) is 18.5 Å². The Balaban J connectivity index is 3.01. The Labute approximate surface area is 107 Å². The highest BCUT2D eigenvalue weighted by Gasteiger charge is 2.24. The van der Waals surface area contributed by atoms with Crippen LogP contribution < -0.4 is 5.32 Å². The van der Waals surface area contributed by atoms with Gasteiger partial charge in [-0.25, -0.2) is 0 Å². The number of rotatable bonds is 6. The third-order valence-electron chi connectivity index (χ3n) is 3.18. The zero-order chi connectivity index (χ0) is 12.1. The summed E-state index contributed by atoms with van der Waals surface area (Å²) >= 11 is 3.59. The van der Waals surface area contributed by atoms with E-state index < -0.39 is 0 Å². The van der Waals surface area contributed by atoms with E-state index in [1.807, 2.05) is 17.9 Å². The maximum atomic E-state index is 4.30. The zero-order valence-electron chi connectivity index (χ0n) is 10.6. The standard InChI is InChI=1S/C12H22BrN3/c1-5-9(6-2)11(14-7-3)12-10(13)8-15-16(12)4/h8-9,11,14H,5-7H2,1-4H3. The Morgan fingerprint density at radius 3 is 2.38 bits per heavy atom. The van der Waals surface area contributed by atoms with Crippen LogP contribution in [0.2, 0.25) is 0 Å². The molecule has 0 aromatic carbocycles. The third-order valence-corrected chi connectivity index (χ3v) is 3.79. The average molecular weight is 288 g/mol. The van der Waals surface area contributed by atoms with Crippen LogP contribution in [0.3, 0.4) is 0 Å². The molecule has 3 nitrogen and oxygen atoms in total. The van der Waals surface area contributed by atoms with Crippen molar-refractivity contribution in [1.29, 1.82) is 0 Å². The van der Waals surface area contributed by atoms with Crippen LogP contribution in [0.4, 0.5) is 0 Å². The third kappa shape index (κ3) is 2.86. The molecule has 92 valence electrons. The number of nitrogens with zero attached hydrogens (tertiary/aromatic N) is 2. The largest absolute Gasteiger partial charge is 0.309 e. The van der Waals surface area contributed by atoms with Crippen LogP contribution in [-0.2, 0) is 7.05 Å². The Bertz CT molecular complexity index is 299. The van der Waals surface area contributed by atoms with Crippen molar-refractivity contribution in [3.8, 4) is 0 Å². The van der Waals surface area contributed by atoms with Gasteiger partial charge in [0.2, 0.25) is 0 Å². The molecule has 0 aliphatic rings. The van der Waals surface area contributed by atoms with E-state index in [-0.39, 0.29) is 0 Å². The summed E-state index contributed by atoms with van der Waals surface area (Å²) in [6.07, 6.45) is 4.25. The quantitative estimate of drug-likeness (QED) is 0.870. The molecule has 0 spiro atoms. The second-order valence-electron chi connectivity index (χ2n) is 4.11. The van der Waals surface area contributed by atoms with Crippen molar-refractivity contribution in [2.45, 2.75) is 39.7 Å². The molecular formula is C12H22BrN3. The highest BCUT2D eigenvalue weighted by atomic mass is 79.9. The van der Waals surface area contributed by atoms with Gasteiger partial charge < -0.3 is 5.32 Å². The summed E-state index contributed by atoms with van der Waals surface area (Å²) in [7, 11) is 2.01. The van der Waals surface area contributed by atoms with Gasteiger partial charge in [-0.3, -0.25) is 4.68 Å². The molecule has 1 N–H and O–H groups in total. The molecule has 0 bridgehead atoms. The van der Waals surface area contributed by atoms with E-state index in [0.717, 1.165) is 11.0 Å². The first-order valence-electron chi connectivity index (χ1n) is 6.06. The summed E-state index contributed by atoms with van der Waals surface area (Å²) in [5.41, 5.74) is 1.26. The molecule has 1 rings (SSSR count). The van der Waals surface area contributed by atoms with Crippen LogP contribution >= 0.6 is 15.9 Å². The molecule has 16 heavy (non-hydrogen) atoms. The molecule has 1 aromatic heterocycles. The molecule has 1 heterocycles. The summed E-state index contributed by atoms with van der Waals surface area (Å²) in [5, 5.41) is 7.88. The van der Waals surface area contributed by atoms with Gasteiger partial charge in [0.05, 0.1) is 22.4 Å². The van der Waals surface area contributed by atoms with Crippen LogP contribution in [-0.4, -0.2) is 16.3 Å². The van der Waals surface area contributed by atoms with Gasteiger partial charge in [0.1, 0.15) is 0 Å². The molecule has 1 atom stereocenters. The lowest BCUT2D eigenvalue weighted by Gasteiger charge is -2.26. The summed E-state index contributed by atoms with van der Waals surface area (Å²) < 4.78 is 3.07. The lowest BCUT2D eigenvalue weighted by molar-refractivity contribution is 0.330. The van der Waals surface area contributed by atoms with Crippen molar-refractivity contribution in [3.05, 3.63) is 16.4 Å². The van der Waals surface area contributed by atoms with Gasteiger partial charge in [-0.15, -0.1) is 0 Å². The predicted octanol–water partition coefficient (Wildman–Crippen LogP) is 3.27. The fraction of sp³-hybridized carbons (Fsp3) is 0.750. The fourth-order valence-electron chi connectivity index (χ4n) is 2.24. The van der Waals surface area contributed by atoms with E-state index in [9.17, 15) is 0 Å². The van der Waals surface area contributed by atoms with E-state index in [0.29, 0.717) is 12.0 Å². The molecule has 4 heteroatoms. The molecule has 1 aromatic rings. The smallest absolute Gasteiger partial charge is 0.0695 e. The van der Waals surface area contributed by atoms with Gasteiger partial charge in [-0.05, 0) is 28.4 Å². The molecule has 0 radical (unpaired) electrons. The maximum Gasteiger partial charge on any atom is 0.0695 e. The lowest BCUT2D eigenvalue weighted by Crippen LogP contribution is -2.29. The second kappa shape index (κ2) is 6.40. The normalized spacial score (nSPS) is 13.4. The van der Waals surface area contributed by atoms with Crippen molar-refractivity contribution in [2.75, 3.05) is 6.54 Å². The van der Waals surface area contributed by atoms with Gasteiger partial charge >= 0.3 is 0 Å². The summed E-state index contributed by atoms with van der Waals surface area (Å²) in [5.74, 6) is 0.659. The molecular weight excluding hydrogens is 266 g/mol. The van der Waals surface area contributed by atoms with Crippen LogP contribution in [0.5, 0.6) is 0 Å².